The van der Waals surface area contributed by atoms with Gasteiger partial charge in [0, 0.05) is 28.8 Å². The number of ether oxygens (including phenoxy) is 2. The fraction of sp³-hybridized carbons (Fsp3) is 0.227. The lowest BCUT2D eigenvalue weighted by molar-refractivity contribution is 0.174. The Morgan fingerprint density at radius 3 is 2.83 bits per heavy atom. The van der Waals surface area contributed by atoms with E-state index in [1.807, 2.05) is 18.2 Å². The molecule has 4 aromatic rings. The van der Waals surface area contributed by atoms with E-state index < -0.39 is 0 Å². The highest BCUT2D eigenvalue weighted by Gasteiger charge is 2.18. The van der Waals surface area contributed by atoms with Gasteiger partial charge in [-0.2, -0.15) is 0 Å². The number of hydrogen-bond acceptors (Lipinski definition) is 7. The van der Waals surface area contributed by atoms with Crippen molar-refractivity contribution in [3.63, 3.8) is 0 Å². The molecule has 6 nitrogen and oxygen atoms in total. The maximum absolute atomic E-state index is 5.50. The monoisotopic (exact) mass is 436 g/mol. The second-order valence-corrected chi connectivity index (χ2v) is 8.72. The molecular weight excluding hydrogens is 416 g/mol. The van der Waals surface area contributed by atoms with Crippen LogP contribution in [0.25, 0.3) is 22.0 Å². The van der Waals surface area contributed by atoms with Gasteiger partial charge in [-0.05, 0) is 38.1 Å². The van der Waals surface area contributed by atoms with Crippen molar-refractivity contribution in [3.05, 3.63) is 59.1 Å². The molecule has 30 heavy (non-hydrogen) atoms. The minimum Gasteiger partial charge on any atom is -0.454 e. The van der Waals surface area contributed by atoms with Crippen LogP contribution >= 0.6 is 23.1 Å². The number of nitrogens with zero attached hydrogens (tertiary/aromatic N) is 4. The number of thioether (sulfide) groups is 1. The van der Waals surface area contributed by atoms with Gasteiger partial charge in [0.05, 0.1) is 5.69 Å². The molecule has 0 spiro atoms. The summed E-state index contributed by atoms with van der Waals surface area (Å²) in [4.78, 5) is 4.81. The lowest BCUT2D eigenvalue weighted by Crippen LogP contribution is -2.00. The van der Waals surface area contributed by atoms with Gasteiger partial charge in [-0.15, -0.1) is 21.5 Å². The Hall–Kier alpha value is -2.84. The van der Waals surface area contributed by atoms with E-state index in [1.54, 1.807) is 23.1 Å². The van der Waals surface area contributed by atoms with Gasteiger partial charge >= 0.3 is 0 Å². The van der Waals surface area contributed by atoms with E-state index in [4.69, 9.17) is 14.5 Å². The zero-order chi connectivity index (χ0) is 20.5. The molecule has 0 unspecified atom stereocenters. The quantitative estimate of drug-likeness (QED) is 0.376. The smallest absolute Gasteiger partial charge is 0.231 e. The van der Waals surface area contributed by atoms with Crippen LogP contribution in [0.4, 0.5) is 0 Å². The van der Waals surface area contributed by atoms with E-state index in [1.165, 1.54) is 5.56 Å². The highest BCUT2D eigenvalue weighted by Crippen LogP contribution is 2.36. The Kier molecular flexibility index (Phi) is 5.18. The maximum atomic E-state index is 5.50. The van der Waals surface area contributed by atoms with Crippen LogP contribution in [-0.4, -0.2) is 26.5 Å². The summed E-state index contributed by atoms with van der Waals surface area (Å²) in [7, 11) is 0. The summed E-state index contributed by atoms with van der Waals surface area (Å²) in [6.07, 6.45) is 0. The van der Waals surface area contributed by atoms with Crippen LogP contribution in [0, 0.1) is 6.92 Å². The average molecular weight is 437 g/mol. The van der Waals surface area contributed by atoms with Crippen molar-refractivity contribution in [1.29, 1.82) is 0 Å². The standard InChI is InChI=1S/C22H20N4O2S2/c1-3-26-20(15-7-8-18-19(10-15)28-13-27-18)24-25-22(26)30-12-17-11-29-21(23-17)16-6-4-5-14(2)9-16/h4-11H,3,12-13H2,1-2H3. The van der Waals surface area contributed by atoms with E-state index in [0.29, 0.717) is 0 Å². The molecule has 0 atom stereocenters. The van der Waals surface area contributed by atoms with E-state index in [9.17, 15) is 0 Å². The van der Waals surface area contributed by atoms with Crippen LogP contribution in [-0.2, 0) is 12.3 Å². The summed E-state index contributed by atoms with van der Waals surface area (Å²) in [6.45, 7) is 5.25. The fourth-order valence-electron chi connectivity index (χ4n) is 3.35. The zero-order valence-electron chi connectivity index (χ0n) is 16.7. The molecule has 2 aromatic heterocycles. The van der Waals surface area contributed by atoms with Gasteiger partial charge in [0.15, 0.2) is 22.5 Å². The molecule has 0 N–H and O–H groups in total. The van der Waals surface area contributed by atoms with Crippen molar-refractivity contribution < 1.29 is 9.47 Å². The Balaban J connectivity index is 1.34. The van der Waals surface area contributed by atoms with Crippen LogP contribution < -0.4 is 9.47 Å². The first-order chi connectivity index (χ1) is 14.7. The predicted molar refractivity (Wildman–Crippen MR) is 119 cm³/mol. The molecule has 0 radical (unpaired) electrons. The fourth-order valence-corrected chi connectivity index (χ4v) is 5.17. The van der Waals surface area contributed by atoms with Crippen molar-refractivity contribution in [2.45, 2.75) is 31.3 Å². The van der Waals surface area contributed by atoms with Gasteiger partial charge in [-0.1, -0.05) is 35.5 Å². The number of benzene rings is 2. The van der Waals surface area contributed by atoms with E-state index in [2.05, 4.69) is 58.3 Å². The Labute approximate surface area is 182 Å². The normalized spacial score (nSPS) is 12.5. The molecule has 0 amide bonds. The first kappa shape index (κ1) is 19.1. The second kappa shape index (κ2) is 8.12. The number of hydrogen-bond donors (Lipinski definition) is 0. The first-order valence-electron chi connectivity index (χ1n) is 9.68. The van der Waals surface area contributed by atoms with Gasteiger partial charge in [-0.25, -0.2) is 4.98 Å². The van der Waals surface area contributed by atoms with Crippen LogP contribution in [0.2, 0.25) is 0 Å². The van der Waals surface area contributed by atoms with Gasteiger partial charge in [-0.3, -0.25) is 0 Å². The topological polar surface area (TPSA) is 62.1 Å². The number of fused-ring (bicyclic) bond motifs is 1. The summed E-state index contributed by atoms with van der Waals surface area (Å²) in [6, 6.07) is 14.3. The molecule has 5 rings (SSSR count). The average Bonchev–Trinajstić information content (AvgIpc) is 3.50. The lowest BCUT2D eigenvalue weighted by Gasteiger charge is -2.07. The SMILES string of the molecule is CCn1c(SCc2csc(-c3cccc(C)c3)n2)nnc1-c1ccc2c(c1)OCO2. The first-order valence-corrected chi connectivity index (χ1v) is 11.6. The largest absolute Gasteiger partial charge is 0.454 e. The molecule has 0 saturated heterocycles. The van der Waals surface area contributed by atoms with Crippen LogP contribution in [0.3, 0.4) is 0 Å². The van der Waals surface area contributed by atoms with Gasteiger partial charge in [0.25, 0.3) is 0 Å². The third-order valence-corrected chi connectivity index (χ3v) is 6.77. The highest BCUT2D eigenvalue weighted by molar-refractivity contribution is 7.98. The molecule has 3 heterocycles. The molecular formula is C22H20N4O2S2. The van der Waals surface area contributed by atoms with E-state index in [-0.39, 0.29) is 6.79 Å². The van der Waals surface area contributed by atoms with Crippen LogP contribution in [0.1, 0.15) is 18.2 Å². The maximum Gasteiger partial charge on any atom is 0.231 e. The zero-order valence-corrected chi connectivity index (χ0v) is 18.3. The van der Waals surface area contributed by atoms with E-state index >= 15 is 0 Å². The third-order valence-electron chi connectivity index (χ3n) is 4.83. The molecule has 2 aromatic carbocycles. The van der Waals surface area contributed by atoms with Gasteiger partial charge in [0.2, 0.25) is 6.79 Å². The van der Waals surface area contributed by atoms with Gasteiger partial charge in [0.1, 0.15) is 5.01 Å². The van der Waals surface area contributed by atoms with Crippen molar-refractivity contribution in [2.24, 2.45) is 0 Å². The lowest BCUT2D eigenvalue weighted by atomic mass is 10.1. The summed E-state index contributed by atoms with van der Waals surface area (Å²) in [5, 5.41) is 12.9. The highest BCUT2D eigenvalue weighted by atomic mass is 32.2. The van der Waals surface area contributed by atoms with Crippen molar-refractivity contribution in [1.82, 2.24) is 19.7 Å². The molecule has 0 fully saturated rings. The molecule has 1 aliphatic heterocycles. The van der Waals surface area contributed by atoms with E-state index in [0.717, 1.165) is 56.6 Å². The van der Waals surface area contributed by atoms with Crippen molar-refractivity contribution in [2.75, 3.05) is 6.79 Å². The number of rotatable bonds is 6. The molecule has 0 aliphatic carbocycles. The second-order valence-electron chi connectivity index (χ2n) is 6.92. The van der Waals surface area contributed by atoms with Gasteiger partial charge < -0.3 is 14.0 Å². The van der Waals surface area contributed by atoms with Crippen molar-refractivity contribution in [3.8, 4) is 33.5 Å². The third kappa shape index (κ3) is 3.68. The minimum atomic E-state index is 0.262. The minimum absolute atomic E-state index is 0.262. The van der Waals surface area contributed by atoms with Crippen LogP contribution in [0.15, 0.2) is 53.0 Å². The summed E-state index contributed by atoms with van der Waals surface area (Å²) in [5.74, 6) is 3.10. The molecule has 0 bridgehead atoms. The summed E-state index contributed by atoms with van der Waals surface area (Å²) in [5.41, 5.74) is 4.43. The Morgan fingerprint density at radius 2 is 1.97 bits per heavy atom. The van der Waals surface area contributed by atoms with Crippen molar-refractivity contribution >= 4 is 23.1 Å². The number of aryl methyl sites for hydroxylation is 1. The molecule has 8 heteroatoms. The van der Waals surface area contributed by atoms with Crippen LogP contribution in [0.5, 0.6) is 11.5 Å². The summed E-state index contributed by atoms with van der Waals surface area (Å²) < 4.78 is 13.0. The Bertz CT molecular complexity index is 1200. The predicted octanol–water partition coefficient (Wildman–Crippen LogP) is 5.42. The Morgan fingerprint density at radius 1 is 1.07 bits per heavy atom. The summed E-state index contributed by atoms with van der Waals surface area (Å²) >= 11 is 3.33. The number of aromatic nitrogens is 4. The molecule has 0 saturated carbocycles. The molecule has 152 valence electrons. The molecule has 1 aliphatic rings. The number of thiazole rings is 1.